The topological polar surface area (TPSA) is 85.1 Å². The van der Waals surface area contributed by atoms with E-state index in [4.69, 9.17) is 4.52 Å². The van der Waals surface area contributed by atoms with E-state index in [-0.39, 0.29) is 23.7 Å². The Morgan fingerprint density at radius 3 is 2.44 bits per heavy atom. The lowest BCUT2D eigenvalue weighted by molar-refractivity contribution is 0.379. The van der Waals surface area contributed by atoms with Crippen LogP contribution >= 0.6 is 0 Å². The van der Waals surface area contributed by atoms with Gasteiger partial charge in [-0.2, -0.15) is 4.98 Å². The Morgan fingerprint density at radius 2 is 1.76 bits per heavy atom. The summed E-state index contributed by atoms with van der Waals surface area (Å²) in [4.78, 5) is 4.38. The molecule has 0 aliphatic heterocycles. The summed E-state index contributed by atoms with van der Waals surface area (Å²) < 4.78 is 44.9. The molecule has 0 unspecified atom stereocenters. The molecule has 130 valence electrons. The summed E-state index contributed by atoms with van der Waals surface area (Å²) in [5, 5.41) is 3.81. The minimum atomic E-state index is -3.58. The molecule has 0 atom stereocenters. The molecule has 0 saturated heterocycles. The van der Waals surface area contributed by atoms with Crippen molar-refractivity contribution < 1.29 is 17.3 Å². The van der Waals surface area contributed by atoms with Crippen LogP contribution in [0, 0.1) is 12.7 Å². The molecule has 0 bridgehead atoms. The highest BCUT2D eigenvalue weighted by atomic mass is 32.2. The van der Waals surface area contributed by atoms with Crippen LogP contribution in [0.15, 0.2) is 57.9 Å². The maximum absolute atomic E-state index is 12.9. The molecular weight excluding hydrogens is 345 g/mol. The number of nitrogens with one attached hydrogen (secondary N) is 1. The minimum Gasteiger partial charge on any atom is -0.339 e. The summed E-state index contributed by atoms with van der Waals surface area (Å²) >= 11 is 0. The number of aryl methyl sites for hydroxylation is 1. The lowest BCUT2D eigenvalue weighted by atomic mass is 10.2. The van der Waals surface area contributed by atoms with Crippen LogP contribution in [0.5, 0.6) is 0 Å². The van der Waals surface area contributed by atoms with Gasteiger partial charge in [-0.05, 0) is 43.3 Å². The van der Waals surface area contributed by atoms with Gasteiger partial charge < -0.3 is 4.52 Å². The second kappa shape index (κ2) is 7.12. The van der Waals surface area contributed by atoms with Crippen LogP contribution in [0.1, 0.15) is 11.5 Å². The van der Waals surface area contributed by atoms with Crippen molar-refractivity contribution in [2.75, 3.05) is 6.54 Å². The summed E-state index contributed by atoms with van der Waals surface area (Å²) in [6.07, 6.45) is 0.249. The van der Waals surface area contributed by atoms with Crippen molar-refractivity contribution in [1.29, 1.82) is 0 Å². The number of rotatable bonds is 6. The number of benzene rings is 2. The SMILES string of the molecule is Cc1ccc(S(=O)(=O)NCCc2nc(-c3ccc(F)cc3)no2)cc1. The normalized spacial score (nSPS) is 11.6. The van der Waals surface area contributed by atoms with Gasteiger partial charge in [0.05, 0.1) is 4.90 Å². The molecule has 0 radical (unpaired) electrons. The first-order chi connectivity index (χ1) is 11.9. The van der Waals surface area contributed by atoms with Gasteiger partial charge in [-0.3, -0.25) is 0 Å². The van der Waals surface area contributed by atoms with E-state index in [0.717, 1.165) is 5.56 Å². The van der Waals surface area contributed by atoms with Crippen molar-refractivity contribution in [3.63, 3.8) is 0 Å². The zero-order valence-corrected chi connectivity index (χ0v) is 14.3. The van der Waals surface area contributed by atoms with Crippen molar-refractivity contribution >= 4 is 10.0 Å². The maximum atomic E-state index is 12.9. The van der Waals surface area contributed by atoms with Gasteiger partial charge in [-0.15, -0.1) is 0 Å². The first-order valence-corrected chi connectivity index (χ1v) is 9.07. The van der Waals surface area contributed by atoms with Crippen molar-refractivity contribution in [2.45, 2.75) is 18.2 Å². The number of hydrogen-bond acceptors (Lipinski definition) is 5. The number of nitrogens with zero attached hydrogens (tertiary/aromatic N) is 2. The van der Waals surface area contributed by atoms with Gasteiger partial charge >= 0.3 is 0 Å². The smallest absolute Gasteiger partial charge is 0.240 e. The van der Waals surface area contributed by atoms with Crippen LogP contribution in [0.25, 0.3) is 11.4 Å². The Morgan fingerprint density at radius 1 is 1.08 bits per heavy atom. The molecule has 0 amide bonds. The highest BCUT2D eigenvalue weighted by Gasteiger charge is 2.14. The molecule has 0 spiro atoms. The van der Waals surface area contributed by atoms with Crippen molar-refractivity contribution in [2.24, 2.45) is 0 Å². The number of sulfonamides is 1. The fraction of sp³-hybridized carbons (Fsp3) is 0.176. The van der Waals surface area contributed by atoms with Gasteiger partial charge in [-0.1, -0.05) is 22.9 Å². The molecule has 1 aromatic heterocycles. The zero-order valence-electron chi connectivity index (χ0n) is 13.4. The van der Waals surface area contributed by atoms with Gasteiger partial charge in [0.25, 0.3) is 0 Å². The van der Waals surface area contributed by atoms with Gasteiger partial charge in [0.15, 0.2) is 0 Å². The molecule has 0 fully saturated rings. The fourth-order valence-electron chi connectivity index (χ4n) is 2.17. The molecule has 1 N–H and O–H groups in total. The summed E-state index contributed by atoms with van der Waals surface area (Å²) in [6.45, 7) is 2.01. The Kier molecular flexibility index (Phi) is 4.91. The minimum absolute atomic E-state index is 0.126. The third-order valence-corrected chi connectivity index (χ3v) is 5.01. The molecule has 6 nitrogen and oxygen atoms in total. The van der Waals surface area contributed by atoms with Crippen molar-refractivity contribution in [3.8, 4) is 11.4 Å². The third-order valence-electron chi connectivity index (χ3n) is 3.53. The van der Waals surface area contributed by atoms with E-state index in [2.05, 4.69) is 14.9 Å². The lowest BCUT2D eigenvalue weighted by Gasteiger charge is -2.05. The summed E-state index contributed by atoms with van der Waals surface area (Å²) in [7, 11) is -3.58. The van der Waals surface area contributed by atoms with E-state index < -0.39 is 10.0 Å². The van der Waals surface area contributed by atoms with Crippen molar-refractivity contribution in [3.05, 3.63) is 65.8 Å². The first kappa shape index (κ1) is 17.2. The van der Waals surface area contributed by atoms with E-state index in [9.17, 15) is 12.8 Å². The van der Waals surface area contributed by atoms with E-state index in [0.29, 0.717) is 17.3 Å². The molecule has 25 heavy (non-hydrogen) atoms. The summed E-state index contributed by atoms with van der Waals surface area (Å²) in [5.74, 6) is 0.278. The molecule has 0 aliphatic rings. The Hall–Kier alpha value is -2.58. The van der Waals surface area contributed by atoms with Crippen LogP contribution in [0.4, 0.5) is 4.39 Å². The molecule has 3 rings (SSSR count). The molecular formula is C17H16FN3O3S. The highest BCUT2D eigenvalue weighted by Crippen LogP contribution is 2.16. The maximum Gasteiger partial charge on any atom is 0.240 e. The second-order valence-corrected chi connectivity index (χ2v) is 7.25. The molecule has 0 saturated carbocycles. The van der Waals surface area contributed by atoms with Crippen LogP contribution in [-0.2, 0) is 16.4 Å². The van der Waals surface area contributed by atoms with Crippen LogP contribution in [-0.4, -0.2) is 25.1 Å². The molecule has 8 heteroatoms. The van der Waals surface area contributed by atoms with Crippen LogP contribution < -0.4 is 4.72 Å². The predicted molar refractivity (Wildman–Crippen MR) is 89.8 cm³/mol. The van der Waals surface area contributed by atoms with Gasteiger partial charge in [-0.25, -0.2) is 17.5 Å². The van der Waals surface area contributed by atoms with Crippen molar-refractivity contribution in [1.82, 2.24) is 14.9 Å². The monoisotopic (exact) mass is 361 g/mol. The number of halogens is 1. The molecule has 3 aromatic rings. The van der Waals surface area contributed by atoms with Gasteiger partial charge in [0, 0.05) is 18.5 Å². The zero-order chi connectivity index (χ0) is 17.9. The van der Waals surface area contributed by atoms with Crippen LogP contribution in [0.3, 0.4) is 0 Å². The Balaban J connectivity index is 1.61. The quantitative estimate of drug-likeness (QED) is 0.730. The predicted octanol–water partition coefficient (Wildman–Crippen LogP) is 2.71. The van der Waals surface area contributed by atoms with E-state index >= 15 is 0 Å². The van der Waals surface area contributed by atoms with Gasteiger partial charge in [0.1, 0.15) is 5.82 Å². The molecule has 0 aliphatic carbocycles. The largest absolute Gasteiger partial charge is 0.339 e. The fourth-order valence-corrected chi connectivity index (χ4v) is 3.20. The second-order valence-electron chi connectivity index (χ2n) is 5.48. The Bertz CT molecular complexity index is 952. The molecule has 1 heterocycles. The lowest BCUT2D eigenvalue weighted by Crippen LogP contribution is -2.26. The Labute approximate surface area is 144 Å². The standard InChI is InChI=1S/C17H16FN3O3S/c1-12-2-8-15(9-3-12)25(22,23)19-11-10-16-20-17(21-24-16)13-4-6-14(18)7-5-13/h2-9,19H,10-11H2,1H3. The summed E-state index contributed by atoms with van der Waals surface area (Å²) in [5.41, 5.74) is 1.61. The highest BCUT2D eigenvalue weighted by molar-refractivity contribution is 7.89. The van der Waals surface area contributed by atoms with Crippen LogP contribution in [0.2, 0.25) is 0 Å². The average molecular weight is 361 g/mol. The average Bonchev–Trinajstić information content (AvgIpc) is 3.04. The van der Waals surface area contributed by atoms with E-state index in [1.165, 1.54) is 12.1 Å². The van der Waals surface area contributed by atoms with E-state index in [1.54, 1.807) is 36.4 Å². The first-order valence-electron chi connectivity index (χ1n) is 7.59. The third kappa shape index (κ3) is 4.28. The number of hydrogen-bond donors (Lipinski definition) is 1. The molecule has 2 aromatic carbocycles. The van der Waals surface area contributed by atoms with Gasteiger partial charge in [0.2, 0.25) is 21.7 Å². The summed E-state index contributed by atoms with van der Waals surface area (Å²) in [6, 6.07) is 12.3. The number of aromatic nitrogens is 2. The van der Waals surface area contributed by atoms with E-state index in [1.807, 2.05) is 6.92 Å².